The quantitative estimate of drug-likeness (QED) is 0.617. The lowest BCUT2D eigenvalue weighted by Gasteiger charge is -2.26. The van der Waals surface area contributed by atoms with E-state index in [1.54, 1.807) is 6.92 Å². The Kier molecular flexibility index (Phi) is 8.30. The van der Waals surface area contributed by atoms with Crippen molar-refractivity contribution >= 4 is 11.5 Å². The van der Waals surface area contributed by atoms with Crippen molar-refractivity contribution in [2.24, 2.45) is 0 Å². The average molecular weight is 448 g/mol. The number of carbonyl (C=O) groups is 1. The predicted octanol–water partition coefficient (Wildman–Crippen LogP) is 4.14. The summed E-state index contributed by atoms with van der Waals surface area (Å²) in [4.78, 5) is 14.5. The maximum atomic E-state index is 12.7. The number of alkyl halides is 3. The van der Waals surface area contributed by atoms with E-state index in [-0.39, 0.29) is 5.91 Å². The number of benzene rings is 2. The number of carbonyl (C=O) groups excluding carboxylic acids is 1. The molecule has 0 spiro atoms. The summed E-state index contributed by atoms with van der Waals surface area (Å²) in [6, 6.07) is 12.3. The van der Waals surface area contributed by atoms with Gasteiger partial charge in [0.2, 0.25) is 5.91 Å². The lowest BCUT2D eigenvalue weighted by atomic mass is 10.0. The number of morpholine rings is 1. The Balaban J connectivity index is 1.48. The number of hydrogen-bond donors (Lipinski definition) is 1. The highest BCUT2D eigenvalue weighted by atomic mass is 19.4. The molecular weight excluding hydrogens is 421 g/mol. The molecule has 1 N–H and O–H groups in total. The van der Waals surface area contributed by atoms with Gasteiger partial charge in [0.1, 0.15) is 12.4 Å². The minimum atomic E-state index is -4.38. The highest BCUT2D eigenvalue weighted by molar-refractivity contribution is 5.94. The number of rotatable bonds is 8. The van der Waals surface area contributed by atoms with Crippen molar-refractivity contribution in [1.29, 1.82) is 0 Å². The lowest BCUT2D eigenvalue weighted by molar-refractivity contribution is -0.137. The molecule has 1 fully saturated rings. The topological polar surface area (TPSA) is 50.8 Å². The van der Waals surface area contributed by atoms with Crippen molar-refractivity contribution < 1.29 is 27.4 Å². The first kappa shape index (κ1) is 23.8. The molecule has 0 aliphatic carbocycles. The van der Waals surface area contributed by atoms with Crippen LogP contribution in [0.2, 0.25) is 0 Å². The van der Waals surface area contributed by atoms with Gasteiger partial charge in [-0.3, -0.25) is 9.69 Å². The zero-order chi connectivity index (χ0) is 23.0. The van der Waals surface area contributed by atoms with Gasteiger partial charge in [-0.2, -0.15) is 13.2 Å². The van der Waals surface area contributed by atoms with E-state index in [4.69, 9.17) is 9.47 Å². The molecule has 0 atom stereocenters. The molecule has 0 bridgehead atoms. The number of hydrogen-bond acceptors (Lipinski definition) is 4. The van der Waals surface area contributed by atoms with Gasteiger partial charge in [0.25, 0.3) is 0 Å². The molecule has 8 heteroatoms. The van der Waals surface area contributed by atoms with E-state index < -0.39 is 11.7 Å². The highest BCUT2D eigenvalue weighted by Gasteiger charge is 2.29. The largest absolute Gasteiger partial charge is 0.492 e. The van der Waals surface area contributed by atoms with E-state index in [1.807, 2.05) is 24.3 Å². The van der Waals surface area contributed by atoms with Gasteiger partial charge in [-0.15, -0.1) is 0 Å². The van der Waals surface area contributed by atoms with Crippen LogP contribution in [0, 0.1) is 0 Å². The Labute approximate surface area is 185 Å². The van der Waals surface area contributed by atoms with E-state index in [0.717, 1.165) is 56.3 Å². The minimum Gasteiger partial charge on any atom is -0.492 e. The maximum absolute atomic E-state index is 12.7. The van der Waals surface area contributed by atoms with Crippen LogP contribution in [0.15, 0.2) is 54.6 Å². The summed E-state index contributed by atoms with van der Waals surface area (Å²) in [6.07, 6.45) is -3.00. The monoisotopic (exact) mass is 448 g/mol. The van der Waals surface area contributed by atoms with Gasteiger partial charge in [0.05, 0.1) is 18.8 Å². The van der Waals surface area contributed by atoms with E-state index in [2.05, 4.69) is 10.2 Å². The maximum Gasteiger partial charge on any atom is 0.416 e. The SMILES string of the molecule is C/C(=C/C(=O)NCc1cccc(OCCN2CCOCC2)c1)c1ccc(C(F)(F)F)cc1. The van der Waals surface area contributed by atoms with Crippen LogP contribution in [-0.2, 0) is 22.3 Å². The van der Waals surface area contributed by atoms with E-state index >= 15 is 0 Å². The Hall–Kier alpha value is -2.84. The zero-order valence-corrected chi connectivity index (χ0v) is 18.0. The van der Waals surface area contributed by atoms with Crippen molar-refractivity contribution in [3.05, 3.63) is 71.3 Å². The number of amides is 1. The Morgan fingerprint density at radius 2 is 1.88 bits per heavy atom. The van der Waals surface area contributed by atoms with E-state index in [9.17, 15) is 18.0 Å². The van der Waals surface area contributed by atoms with Gasteiger partial charge in [-0.1, -0.05) is 24.3 Å². The third kappa shape index (κ3) is 7.39. The molecule has 0 aromatic heterocycles. The van der Waals surface area contributed by atoms with Gasteiger partial charge < -0.3 is 14.8 Å². The Bertz CT molecular complexity index is 921. The molecule has 1 heterocycles. The second-order valence-corrected chi connectivity index (χ2v) is 7.57. The summed E-state index contributed by atoms with van der Waals surface area (Å²) in [5.41, 5.74) is 1.31. The predicted molar refractivity (Wildman–Crippen MR) is 116 cm³/mol. The highest BCUT2D eigenvalue weighted by Crippen LogP contribution is 2.30. The van der Waals surface area contributed by atoms with E-state index in [0.29, 0.717) is 24.3 Å². The fraction of sp³-hybridized carbons (Fsp3) is 0.375. The van der Waals surface area contributed by atoms with Crippen LogP contribution in [0.5, 0.6) is 5.75 Å². The van der Waals surface area contributed by atoms with Crippen molar-refractivity contribution in [1.82, 2.24) is 10.2 Å². The van der Waals surface area contributed by atoms with Gasteiger partial charge in [0.15, 0.2) is 0 Å². The first-order chi connectivity index (χ1) is 15.3. The summed E-state index contributed by atoms with van der Waals surface area (Å²) >= 11 is 0. The number of nitrogens with zero attached hydrogens (tertiary/aromatic N) is 1. The van der Waals surface area contributed by atoms with Gasteiger partial charge in [-0.25, -0.2) is 0 Å². The Morgan fingerprint density at radius 1 is 1.16 bits per heavy atom. The molecule has 1 aliphatic rings. The molecule has 0 radical (unpaired) electrons. The first-order valence-corrected chi connectivity index (χ1v) is 10.5. The summed E-state index contributed by atoms with van der Waals surface area (Å²) < 4.78 is 49.2. The van der Waals surface area contributed by atoms with Crippen molar-refractivity contribution in [3.63, 3.8) is 0 Å². The lowest BCUT2D eigenvalue weighted by Crippen LogP contribution is -2.38. The van der Waals surface area contributed by atoms with Crippen LogP contribution in [0.3, 0.4) is 0 Å². The van der Waals surface area contributed by atoms with Crippen LogP contribution in [0.1, 0.15) is 23.6 Å². The second kappa shape index (κ2) is 11.2. The number of allylic oxidation sites excluding steroid dienone is 1. The fourth-order valence-electron chi connectivity index (χ4n) is 3.30. The number of ether oxygens (including phenoxy) is 2. The van der Waals surface area contributed by atoms with Gasteiger partial charge in [0, 0.05) is 32.3 Å². The first-order valence-electron chi connectivity index (χ1n) is 10.5. The molecule has 5 nitrogen and oxygen atoms in total. The molecule has 172 valence electrons. The molecule has 0 unspecified atom stereocenters. The molecule has 1 saturated heterocycles. The van der Waals surface area contributed by atoms with Crippen LogP contribution in [0.25, 0.3) is 5.57 Å². The standard InChI is InChI=1S/C24H27F3N2O3/c1-18(20-5-7-21(8-6-20)24(25,26)27)15-23(30)28-17-19-3-2-4-22(16-19)32-14-11-29-9-12-31-13-10-29/h2-8,15-16H,9-14,17H2,1H3,(H,28,30)/b18-15-. The molecule has 1 aliphatic heterocycles. The smallest absolute Gasteiger partial charge is 0.416 e. The molecule has 1 amide bonds. The normalized spacial score (nSPS) is 15.4. The number of nitrogens with one attached hydrogen (secondary N) is 1. The van der Waals surface area contributed by atoms with Crippen LogP contribution in [-0.4, -0.2) is 50.3 Å². The average Bonchev–Trinajstić information content (AvgIpc) is 2.78. The van der Waals surface area contributed by atoms with Crippen LogP contribution >= 0.6 is 0 Å². The van der Waals surface area contributed by atoms with Crippen molar-refractivity contribution in [2.75, 3.05) is 39.5 Å². The van der Waals surface area contributed by atoms with Crippen LogP contribution < -0.4 is 10.1 Å². The molecule has 32 heavy (non-hydrogen) atoms. The third-order valence-corrected chi connectivity index (χ3v) is 5.16. The zero-order valence-electron chi connectivity index (χ0n) is 18.0. The van der Waals surface area contributed by atoms with Crippen LogP contribution in [0.4, 0.5) is 13.2 Å². The summed E-state index contributed by atoms with van der Waals surface area (Å²) in [5, 5.41) is 2.80. The summed E-state index contributed by atoms with van der Waals surface area (Å²) in [5.74, 6) is 0.419. The van der Waals surface area contributed by atoms with Gasteiger partial charge in [-0.05, 0) is 47.9 Å². The molecule has 0 saturated carbocycles. The second-order valence-electron chi connectivity index (χ2n) is 7.57. The molecular formula is C24H27F3N2O3. The minimum absolute atomic E-state index is 0.316. The van der Waals surface area contributed by atoms with Crippen molar-refractivity contribution in [3.8, 4) is 5.75 Å². The summed E-state index contributed by atoms with van der Waals surface area (Å²) in [7, 11) is 0. The fourth-order valence-corrected chi connectivity index (χ4v) is 3.30. The molecule has 2 aromatic carbocycles. The third-order valence-electron chi connectivity index (χ3n) is 5.16. The van der Waals surface area contributed by atoms with Gasteiger partial charge >= 0.3 is 6.18 Å². The number of halogens is 3. The van der Waals surface area contributed by atoms with Crippen molar-refractivity contribution in [2.45, 2.75) is 19.6 Å². The summed E-state index contributed by atoms with van der Waals surface area (Å²) in [6.45, 7) is 6.73. The Morgan fingerprint density at radius 3 is 2.56 bits per heavy atom. The molecule has 3 rings (SSSR count). The molecule has 2 aromatic rings. The van der Waals surface area contributed by atoms with E-state index in [1.165, 1.54) is 18.2 Å².